The quantitative estimate of drug-likeness (QED) is 0.901. The van der Waals surface area contributed by atoms with Gasteiger partial charge in [0.05, 0.1) is 24.3 Å². The molecule has 1 unspecified atom stereocenters. The molecule has 100 valence electrons. The first kappa shape index (κ1) is 12.2. The molecule has 3 rings (SSSR count). The number of rotatable bonds is 5. The number of aromatic nitrogens is 4. The lowest BCUT2D eigenvalue weighted by Gasteiger charge is -2.15. The van der Waals surface area contributed by atoms with E-state index in [1.807, 2.05) is 0 Å². The van der Waals surface area contributed by atoms with Gasteiger partial charge < -0.3 is 9.52 Å². The summed E-state index contributed by atoms with van der Waals surface area (Å²) in [6, 6.07) is 1.42. The molecule has 0 bridgehead atoms. The molecule has 0 aliphatic heterocycles. The lowest BCUT2D eigenvalue weighted by molar-refractivity contribution is -0.138. The molecule has 19 heavy (non-hydrogen) atoms. The summed E-state index contributed by atoms with van der Waals surface area (Å²) < 4.78 is 6.56. The smallest absolute Gasteiger partial charge is 0.305 e. The molecule has 2 heterocycles. The fourth-order valence-electron chi connectivity index (χ4n) is 2.16. The number of aliphatic carboxylic acids is 1. The minimum absolute atomic E-state index is 0.00181. The van der Waals surface area contributed by atoms with Crippen molar-refractivity contribution in [2.24, 2.45) is 5.92 Å². The fraction of sp³-hybridized carbons (Fsp3) is 0.455. The number of carboxylic acids is 1. The van der Waals surface area contributed by atoms with Gasteiger partial charge in [0.1, 0.15) is 0 Å². The van der Waals surface area contributed by atoms with Crippen LogP contribution in [0.15, 0.2) is 16.7 Å². The van der Waals surface area contributed by atoms with Crippen LogP contribution in [0.1, 0.15) is 25.3 Å². The third-order valence-corrected chi connectivity index (χ3v) is 3.51. The molecule has 0 spiro atoms. The predicted molar refractivity (Wildman–Crippen MR) is 64.5 cm³/mol. The molecule has 0 aromatic carbocycles. The van der Waals surface area contributed by atoms with Gasteiger partial charge in [0.2, 0.25) is 5.22 Å². The van der Waals surface area contributed by atoms with E-state index in [1.54, 1.807) is 10.7 Å². The molecule has 7 nitrogen and oxygen atoms in total. The Balaban J connectivity index is 1.98. The zero-order valence-corrected chi connectivity index (χ0v) is 10.6. The number of hydrogen-bond donors (Lipinski definition) is 1. The molecule has 8 heteroatoms. The van der Waals surface area contributed by atoms with E-state index in [1.165, 1.54) is 6.26 Å². The van der Waals surface area contributed by atoms with Gasteiger partial charge in [-0.3, -0.25) is 4.79 Å². The summed E-state index contributed by atoms with van der Waals surface area (Å²) >= 11 is 5.92. The van der Waals surface area contributed by atoms with Crippen molar-refractivity contribution in [3.63, 3.8) is 0 Å². The van der Waals surface area contributed by atoms with Crippen molar-refractivity contribution in [3.05, 3.63) is 17.5 Å². The van der Waals surface area contributed by atoms with Crippen LogP contribution < -0.4 is 0 Å². The van der Waals surface area contributed by atoms with Gasteiger partial charge in [0.15, 0.2) is 5.82 Å². The third-order valence-electron chi connectivity index (χ3n) is 3.22. The highest BCUT2D eigenvalue weighted by molar-refractivity contribution is 6.31. The molecular formula is C11H11ClN4O3. The van der Waals surface area contributed by atoms with Crippen molar-refractivity contribution < 1.29 is 14.3 Å². The van der Waals surface area contributed by atoms with Crippen LogP contribution in [0.3, 0.4) is 0 Å². The second-order valence-electron chi connectivity index (χ2n) is 4.56. The van der Waals surface area contributed by atoms with Crippen LogP contribution in [0.4, 0.5) is 0 Å². The average molecular weight is 283 g/mol. The maximum Gasteiger partial charge on any atom is 0.305 e. The first-order chi connectivity index (χ1) is 9.16. The molecule has 1 saturated carbocycles. The molecule has 2 aromatic heterocycles. The van der Waals surface area contributed by atoms with Crippen LogP contribution in [0, 0.1) is 5.92 Å². The molecule has 1 atom stereocenters. The number of furan rings is 1. The zero-order valence-electron chi connectivity index (χ0n) is 9.86. The number of tetrazole rings is 1. The van der Waals surface area contributed by atoms with Gasteiger partial charge in [-0.2, -0.15) is 0 Å². The van der Waals surface area contributed by atoms with Crippen LogP contribution in [0.5, 0.6) is 0 Å². The van der Waals surface area contributed by atoms with Crippen LogP contribution in [0.2, 0.25) is 5.22 Å². The van der Waals surface area contributed by atoms with E-state index in [-0.39, 0.29) is 17.7 Å². The molecule has 1 aliphatic rings. The minimum atomic E-state index is -0.864. The highest BCUT2D eigenvalue weighted by Gasteiger charge is 2.36. The maximum absolute atomic E-state index is 11.0. The monoisotopic (exact) mass is 282 g/mol. The van der Waals surface area contributed by atoms with E-state index in [2.05, 4.69) is 15.5 Å². The number of carbonyl (C=O) groups is 1. The SMILES string of the molecule is O=C(O)CC(C1CC1)n1nnnc1-c1ccoc1Cl. The van der Waals surface area contributed by atoms with Crippen molar-refractivity contribution in [1.29, 1.82) is 0 Å². The molecule has 0 amide bonds. The largest absolute Gasteiger partial charge is 0.481 e. The van der Waals surface area contributed by atoms with Crippen molar-refractivity contribution in [3.8, 4) is 11.4 Å². The molecule has 0 saturated heterocycles. The molecule has 2 aromatic rings. The van der Waals surface area contributed by atoms with Crippen LogP contribution in [0.25, 0.3) is 11.4 Å². The predicted octanol–water partition coefficient (Wildman–Crippen LogP) is 2.01. The average Bonchev–Trinajstić information content (AvgIpc) is 2.94. The Hall–Kier alpha value is -1.89. The molecule has 1 fully saturated rings. The Kier molecular flexibility index (Phi) is 2.98. The second-order valence-corrected chi connectivity index (χ2v) is 4.90. The van der Waals surface area contributed by atoms with Crippen LogP contribution in [-0.2, 0) is 4.79 Å². The lowest BCUT2D eigenvalue weighted by Crippen LogP contribution is -2.18. The molecule has 1 N–H and O–H groups in total. The summed E-state index contributed by atoms with van der Waals surface area (Å²) in [7, 11) is 0. The first-order valence-electron chi connectivity index (χ1n) is 5.90. The normalized spacial score (nSPS) is 16.5. The summed E-state index contributed by atoms with van der Waals surface area (Å²) in [6.45, 7) is 0. The Morgan fingerprint density at radius 3 is 3.00 bits per heavy atom. The van der Waals surface area contributed by atoms with Crippen molar-refractivity contribution in [2.45, 2.75) is 25.3 Å². The summed E-state index contributed by atoms with van der Waals surface area (Å²) in [4.78, 5) is 11.0. The maximum atomic E-state index is 11.0. The Morgan fingerprint density at radius 2 is 2.42 bits per heavy atom. The third kappa shape index (κ3) is 2.33. The van der Waals surface area contributed by atoms with Gasteiger partial charge >= 0.3 is 5.97 Å². The zero-order chi connectivity index (χ0) is 13.4. The van der Waals surface area contributed by atoms with Crippen LogP contribution in [-0.4, -0.2) is 31.3 Å². The number of carboxylic acid groups (broad SMARTS) is 1. The Labute approximate surface area is 113 Å². The van der Waals surface area contributed by atoms with Gasteiger partial charge in [-0.1, -0.05) is 0 Å². The standard InChI is InChI=1S/C11H11ClN4O3/c12-10-7(3-4-19-10)11-13-14-15-16(11)8(5-9(17)18)6-1-2-6/h3-4,6,8H,1-2,5H2,(H,17,18). The highest BCUT2D eigenvalue weighted by Crippen LogP contribution is 2.42. The van der Waals surface area contributed by atoms with Gasteiger partial charge in [-0.15, -0.1) is 5.10 Å². The van der Waals surface area contributed by atoms with E-state index in [4.69, 9.17) is 21.1 Å². The van der Waals surface area contributed by atoms with Gasteiger partial charge in [0.25, 0.3) is 0 Å². The molecular weight excluding hydrogens is 272 g/mol. The van der Waals surface area contributed by atoms with E-state index < -0.39 is 5.97 Å². The summed E-state index contributed by atoms with van der Waals surface area (Å²) in [5, 5.41) is 20.7. The fourth-order valence-corrected chi connectivity index (χ4v) is 2.36. The number of nitrogens with zero attached hydrogens (tertiary/aromatic N) is 4. The van der Waals surface area contributed by atoms with Gasteiger partial charge in [0, 0.05) is 0 Å². The summed E-state index contributed by atoms with van der Waals surface area (Å²) in [5.74, 6) is -0.113. The molecule has 0 radical (unpaired) electrons. The van der Waals surface area contributed by atoms with E-state index in [0.717, 1.165) is 12.8 Å². The van der Waals surface area contributed by atoms with E-state index >= 15 is 0 Å². The topological polar surface area (TPSA) is 94.0 Å². The molecule has 1 aliphatic carbocycles. The van der Waals surface area contributed by atoms with Crippen molar-refractivity contribution in [2.75, 3.05) is 0 Å². The highest BCUT2D eigenvalue weighted by atomic mass is 35.5. The van der Waals surface area contributed by atoms with Crippen molar-refractivity contribution in [1.82, 2.24) is 20.2 Å². The Bertz CT molecular complexity index is 605. The number of halogens is 1. The Morgan fingerprint density at radius 1 is 1.63 bits per heavy atom. The summed E-state index contributed by atoms with van der Waals surface area (Å²) in [5.41, 5.74) is 0.572. The second kappa shape index (κ2) is 4.65. The van der Waals surface area contributed by atoms with Gasteiger partial charge in [-0.25, -0.2) is 4.68 Å². The van der Waals surface area contributed by atoms with E-state index in [9.17, 15) is 4.79 Å². The number of hydrogen-bond acceptors (Lipinski definition) is 5. The van der Waals surface area contributed by atoms with E-state index in [0.29, 0.717) is 17.3 Å². The minimum Gasteiger partial charge on any atom is -0.481 e. The van der Waals surface area contributed by atoms with Gasteiger partial charge in [-0.05, 0) is 46.9 Å². The summed E-state index contributed by atoms with van der Waals surface area (Å²) in [6.07, 6.45) is 3.44. The first-order valence-corrected chi connectivity index (χ1v) is 6.27. The lowest BCUT2D eigenvalue weighted by atomic mass is 10.1. The van der Waals surface area contributed by atoms with Crippen LogP contribution >= 0.6 is 11.6 Å². The van der Waals surface area contributed by atoms with Crippen molar-refractivity contribution >= 4 is 17.6 Å².